The lowest BCUT2D eigenvalue weighted by Gasteiger charge is -2.25. The maximum absolute atomic E-state index is 12.7. The summed E-state index contributed by atoms with van der Waals surface area (Å²) in [6.45, 7) is 3.70. The van der Waals surface area contributed by atoms with Crippen LogP contribution in [-0.2, 0) is 6.42 Å². The summed E-state index contributed by atoms with van der Waals surface area (Å²) in [6, 6.07) is 7.23. The van der Waals surface area contributed by atoms with Gasteiger partial charge in [-0.15, -0.1) is 0 Å². The van der Waals surface area contributed by atoms with E-state index in [2.05, 4.69) is 9.97 Å². The van der Waals surface area contributed by atoms with E-state index >= 15 is 0 Å². The first-order valence-electron chi connectivity index (χ1n) is 8.82. The third-order valence-corrected chi connectivity index (χ3v) is 5.35. The van der Waals surface area contributed by atoms with Gasteiger partial charge >= 0.3 is 5.69 Å². The van der Waals surface area contributed by atoms with Gasteiger partial charge in [0.15, 0.2) is 5.78 Å². The summed E-state index contributed by atoms with van der Waals surface area (Å²) in [7, 11) is 0. The molecule has 0 unspecified atom stereocenters. The van der Waals surface area contributed by atoms with Crippen molar-refractivity contribution in [1.82, 2.24) is 14.5 Å². The van der Waals surface area contributed by atoms with Crippen LogP contribution < -0.4 is 11.2 Å². The van der Waals surface area contributed by atoms with Crippen molar-refractivity contribution >= 4 is 28.4 Å². The number of Topliss-reactive ketones (excluding diaryl/α,β-unsaturated/α-hetero) is 1. The molecular weight excluding hydrogens is 366 g/mol. The Morgan fingerprint density at radius 1 is 1.15 bits per heavy atom. The van der Waals surface area contributed by atoms with E-state index < -0.39 is 11.2 Å². The molecule has 0 radical (unpaired) electrons. The van der Waals surface area contributed by atoms with Crippen LogP contribution in [0, 0.1) is 0 Å². The molecule has 0 spiro atoms. The number of aromatic amines is 1. The Balaban J connectivity index is 1.95. The predicted molar refractivity (Wildman–Crippen MR) is 104 cm³/mol. The van der Waals surface area contributed by atoms with E-state index in [4.69, 9.17) is 11.6 Å². The average Bonchev–Trinajstić information content (AvgIpc) is 2.61. The number of carbonyl (C=O) groups is 1. The highest BCUT2D eigenvalue weighted by Gasteiger charge is 2.30. The molecule has 0 fully saturated rings. The molecule has 0 saturated carbocycles. The van der Waals surface area contributed by atoms with Gasteiger partial charge in [-0.1, -0.05) is 23.7 Å². The van der Waals surface area contributed by atoms with Gasteiger partial charge in [0.05, 0.1) is 5.39 Å². The minimum absolute atomic E-state index is 0.0488. The number of hydrogen-bond acceptors (Lipinski definition) is 4. The molecule has 1 N–H and O–H groups in total. The van der Waals surface area contributed by atoms with Crippen LogP contribution in [0.5, 0.6) is 0 Å². The molecule has 27 heavy (non-hydrogen) atoms. The number of carbonyl (C=O) groups excluding carboxylic acids is 1. The van der Waals surface area contributed by atoms with Crippen LogP contribution in [0.15, 0.2) is 40.1 Å². The first-order chi connectivity index (χ1) is 12.9. The number of nitrogens with zero attached hydrogens (tertiary/aromatic N) is 2. The fraction of sp³-hybridized carbons (Fsp3) is 0.300. The van der Waals surface area contributed by atoms with Gasteiger partial charge in [-0.05, 0) is 49.4 Å². The minimum Gasteiger partial charge on any atom is -0.294 e. The second kappa shape index (κ2) is 6.46. The van der Waals surface area contributed by atoms with Crippen LogP contribution in [0.3, 0.4) is 0 Å². The molecular formula is C20H18ClN3O3. The van der Waals surface area contributed by atoms with Crippen molar-refractivity contribution in [2.24, 2.45) is 0 Å². The zero-order chi connectivity index (χ0) is 19.3. The molecule has 138 valence electrons. The maximum atomic E-state index is 12.7. The number of rotatable bonds is 2. The van der Waals surface area contributed by atoms with Gasteiger partial charge < -0.3 is 0 Å². The SMILES string of the molecule is CC(C)n1c(=O)[nH]c(=O)c2c3c(cnc21)C(=O)C[C@H](c1ccc(Cl)cc1)C3. The molecule has 3 aromatic rings. The quantitative estimate of drug-likeness (QED) is 0.736. The van der Waals surface area contributed by atoms with Gasteiger partial charge in [0.25, 0.3) is 5.56 Å². The third-order valence-electron chi connectivity index (χ3n) is 5.10. The van der Waals surface area contributed by atoms with Crippen LogP contribution in [0.25, 0.3) is 11.0 Å². The van der Waals surface area contributed by atoms with Crippen LogP contribution in [-0.4, -0.2) is 20.3 Å². The van der Waals surface area contributed by atoms with E-state index in [-0.39, 0.29) is 17.7 Å². The van der Waals surface area contributed by atoms with Crippen molar-refractivity contribution in [2.45, 2.75) is 38.6 Å². The molecule has 0 bridgehead atoms. The summed E-state index contributed by atoms with van der Waals surface area (Å²) >= 11 is 5.97. The lowest BCUT2D eigenvalue weighted by molar-refractivity contribution is 0.0964. The van der Waals surface area contributed by atoms with Gasteiger partial charge in [0, 0.05) is 29.2 Å². The Morgan fingerprint density at radius 2 is 1.85 bits per heavy atom. The lowest BCUT2D eigenvalue weighted by Crippen LogP contribution is -2.33. The number of H-pyrrole nitrogens is 1. The largest absolute Gasteiger partial charge is 0.330 e. The van der Waals surface area contributed by atoms with Crippen molar-refractivity contribution in [2.75, 3.05) is 0 Å². The Kier molecular flexibility index (Phi) is 4.23. The third kappa shape index (κ3) is 2.90. The Labute approximate surface area is 159 Å². The predicted octanol–water partition coefficient (Wildman–Crippen LogP) is 3.23. The molecule has 6 nitrogen and oxygen atoms in total. The second-order valence-corrected chi connectivity index (χ2v) is 7.59. The molecule has 0 aliphatic heterocycles. The summed E-state index contributed by atoms with van der Waals surface area (Å²) in [5.74, 6) is -0.0982. The molecule has 1 aliphatic carbocycles. The molecule has 1 aromatic carbocycles. The summed E-state index contributed by atoms with van der Waals surface area (Å²) < 4.78 is 1.45. The number of benzene rings is 1. The van der Waals surface area contributed by atoms with Gasteiger partial charge in [-0.25, -0.2) is 9.78 Å². The number of halogens is 1. The van der Waals surface area contributed by atoms with Crippen molar-refractivity contribution in [3.8, 4) is 0 Å². The summed E-state index contributed by atoms with van der Waals surface area (Å²) in [6.07, 6.45) is 2.38. The highest BCUT2D eigenvalue weighted by molar-refractivity contribution is 6.30. The summed E-state index contributed by atoms with van der Waals surface area (Å²) in [5.41, 5.74) is 1.45. The fourth-order valence-corrected chi connectivity index (χ4v) is 3.96. The fourth-order valence-electron chi connectivity index (χ4n) is 3.83. The highest BCUT2D eigenvalue weighted by atomic mass is 35.5. The number of aromatic nitrogens is 3. The molecule has 0 saturated heterocycles. The normalized spacial score (nSPS) is 16.7. The molecule has 4 rings (SSSR count). The molecule has 1 atom stereocenters. The molecule has 2 heterocycles. The minimum atomic E-state index is -0.499. The number of ketones is 1. The zero-order valence-corrected chi connectivity index (χ0v) is 15.7. The number of hydrogen-bond donors (Lipinski definition) is 1. The second-order valence-electron chi connectivity index (χ2n) is 7.15. The van der Waals surface area contributed by atoms with Crippen molar-refractivity contribution in [3.05, 3.63) is 73.0 Å². The number of nitrogens with one attached hydrogen (secondary N) is 1. The van der Waals surface area contributed by atoms with Gasteiger partial charge in [-0.3, -0.25) is 19.1 Å². The summed E-state index contributed by atoms with van der Waals surface area (Å²) in [5, 5.41) is 0.959. The average molecular weight is 384 g/mol. The van der Waals surface area contributed by atoms with Gasteiger partial charge in [0.1, 0.15) is 5.65 Å². The highest BCUT2D eigenvalue weighted by Crippen LogP contribution is 2.35. The first-order valence-corrected chi connectivity index (χ1v) is 9.19. The number of pyridine rings is 1. The topological polar surface area (TPSA) is 84.8 Å². The van der Waals surface area contributed by atoms with Crippen LogP contribution in [0.2, 0.25) is 5.02 Å². The summed E-state index contributed by atoms with van der Waals surface area (Å²) in [4.78, 5) is 44.2. The Bertz CT molecular complexity index is 1180. The number of fused-ring (bicyclic) bond motifs is 3. The van der Waals surface area contributed by atoms with Crippen molar-refractivity contribution in [1.29, 1.82) is 0 Å². The molecule has 7 heteroatoms. The maximum Gasteiger partial charge on any atom is 0.330 e. The smallest absolute Gasteiger partial charge is 0.294 e. The van der Waals surface area contributed by atoms with E-state index in [1.165, 1.54) is 10.8 Å². The van der Waals surface area contributed by atoms with Gasteiger partial charge in [0.2, 0.25) is 0 Å². The first kappa shape index (κ1) is 17.7. The van der Waals surface area contributed by atoms with Gasteiger partial charge in [-0.2, -0.15) is 0 Å². The zero-order valence-electron chi connectivity index (χ0n) is 15.0. The van der Waals surface area contributed by atoms with Crippen molar-refractivity contribution in [3.63, 3.8) is 0 Å². The Hall–Kier alpha value is -2.73. The Morgan fingerprint density at radius 3 is 2.52 bits per heavy atom. The van der Waals surface area contributed by atoms with Crippen LogP contribution in [0.1, 0.15) is 53.7 Å². The van der Waals surface area contributed by atoms with Crippen LogP contribution >= 0.6 is 11.6 Å². The van der Waals surface area contributed by atoms with E-state index in [0.717, 1.165) is 5.56 Å². The van der Waals surface area contributed by atoms with Crippen LogP contribution in [0.4, 0.5) is 0 Å². The lowest BCUT2D eigenvalue weighted by atomic mass is 9.79. The van der Waals surface area contributed by atoms with Crippen molar-refractivity contribution < 1.29 is 4.79 Å². The van der Waals surface area contributed by atoms with E-state index in [1.54, 1.807) is 12.1 Å². The molecule has 0 amide bonds. The van der Waals surface area contributed by atoms with E-state index in [0.29, 0.717) is 40.0 Å². The standard InChI is InChI=1S/C20H18ClN3O3/c1-10(2)24-18-17(19(26)23-20(24)27)14-7-12(8-16(25)15(14)9-22-18)11-3-5-13(21)6-4-11/h3-6,9-10,12H,7-8H2,1-2H3,(H,23,26,27)/t12-/m1/s1. The van der Waals surface area contributed by atoms with E-state index in [9.17, 15) is 14.4 Å². The monoisotopic (exact) mass is 383 g/mol. The molecule has 1 aliphatic rings. The van der Waals surface area contributed by atoms with E-state index in [1.807, 2.05) is 26.0 Å². The molecule has 2 aromatic heterocycles.